The molecule has 0 saturated carbocycles. The van der Waals surface area contributed by atoms with E-state index in [1.165, 1.54) is 41.8 Å². The Hall–Kier alpha value is -7.18. The third kappa shape index (κ3) is 15.6. The molecule has 12 heteroatoms. The van der Waals surface area contributed by atoms with Gasteiger partial charge in [0.15, 0.2) is 0 Å². The van der Waals surface area contributed by atoms with Gasteiger partial charge in [-0.25, -0.2) is 9.38 Å². The first-order valence-electron chi connectivity index (χ1n) is 30.7. The number of likely N-dealkylation sites (N-methyl/N-ethyl adjacent to an activating group) is 3. The number of aliphatic imine (C=N–C) groups is 1. The summed E-state index contributed by atoms with van der Waals surface area (Å²) >= 11 is 0. The predicted octanol–water partition coefficient (Wildman–Crippen LogP) is 14.4. The van der Waals surface area contributed by atoms with Crippen molar-refractivity contribution >= 4 is 11.4 Å². The average molecular weight is 1140 g/mol. The monoisotopic (exact) mass is 1140 g/mol. The van der Waals surface area contributed by atoms with Gasteiger partial charge in [0.1, 0.15) is 19.2 Å². The molecule has 5 unspecified atom stereocenters. The van der Waals surface area contributed by atoms with Crippen LogP contribution in [0, 0.1) is 30.5 Å². The second-order valence-electron chi connectivity index (χ2n) is 24.1. The van der Waals surface area contributed by atoms with E-state index >= 15 is 4.39 Å². The fourth-order valence-electron chi connectivity index (χ4n) is 12.6. The van der Waals surface area contributed by atoms with Crippen LogP contribution in [0.5, 0.6) is 0 Å². The van der Waals surface area contributed by atoms with Gasteiger partial charge in [-0.3, -0.25) is 0 Å². The highest BCUT2D eigenvalue weighted by Gasteiger charge is 2.41. The Morgan fingerprint density at radius 3 is 2.33 bits per heavy atom. The van der Waals surface area contributed by atoms with E-state index in [9.17, 15) is 0 Å². The van der Waals surface area contributed by atoms with Crippen molar-refractivity contribution in [3.8, 4) is 0 Å². The fraction of sp³-hybridized carbons (Fsp3) is 0.458. The highest BCUT2D eigenvalue weighted by Crippen LogP contribution is 2.46. The minimum atomic E-state index is -0.250. The minimum absolute atomic E-state index is 0.0573. The van der Waals surface area contributed by atoms with Crippen molar-refractivity contribution in [3.05, 3.63) is 222 Å². The molecule has 2 fully saturated rings. The largest absolute Gasteiger partial charge is 0.493 e. The standard InChI is InChI=1S/C72H100FN9O2/c1-19-28-60(20-2)64-35-50(7)81(56(64)13)34-27-23-24-29-49(6)78(16)42-47(4)74-41-52(9)80(18)70(36-59-30-25-22-26-31-59)55(12)75-40-51(8)79(17)46-83-44-48(5)76-69-33-32-61-37-62(38-68(73)53(61)10)77-72-66(54(69)11)43-82-57(14)67-45-84-58(15)63(21-3)65(67)39-71(72)82/h22,25-26,30-31,37-39,60,63-64,69-70,74-76H,4-9,12-15,19-21,23-24,27-29,32-36,40-46H2,1-3,10-11,16-18H3. The van der Waals surface area contributed by atoms with Crippen LogP contribution in [0.15, 0.2) is 204 Å². The van der Waals surface area contributed by atoms with Gasteiger partial charge in [-0.1, -0.05) is 143 Å². The second kappa shape index (κ2) is 29.6. The summed E-state index contributed by atoms with van der Waals surface area (Å²) in [6, 6.07) is 13.8. The van der Waals surface area contributed by atoms with Gasteiger partial charge in [-0.15, -0.1) is 0 Å². The van der Waals surface area contributed by atoms with Crippen LogP contribution >= 0.6 is 0 Å². The van der Waals surface area contributed by atoms with Crippen LogP contribution in [-0.4, -0.2) is 116 Å². The lowest BCUT2D eigenvalue weighted by Crippen LogP contribution is -2.42. The molecule has 2 saturated heterocycles. The Balaban J connectivity index is 0.878. The molecule has 11 nitrogen and oxygen atoms in total. The Kier molecular flexibility index (Phi) is 22.7. The number of likely N-dealkylation sites (tertiary alicyclic amines) is 1. The Morgan fingerprint density at radius 2 is 1.62 bits per heavy atom. The van der Waals surface area contributed by atoms with E-state index in [2.05, 4.69) is 173 Å². The molecule has 2 bridgehead atoms. The third-order valence-corrected chi connectivity index (χ3v) is 18.3. The number of nitrogens with zero attached hydrogens (tertiary/aromatic N) is 6. The lowest BCUT2D eigenvalue weighted by Gasteiger charge is -2.36. The Morgan fingerprint density at radius 1 is 0.881 bits per heavy atom. The summed E-state index contributed by atoms with van der Waals surface area (Å²) in [5.74, 6) is 1.82. The van der Waals surface area contributed by atoms with E-state index in [1.54, 1.807) is 6.07 Å². The molecule has 452 valence electrons. The molecular weight excluding hydrogens is 1040 g/mol. The van der Waals surface area contributed by atoms with Crippen LogP contribution in [0.25, 0.3) is 0 Å². The number of allylic oxidation sites excluding steroid dienone is 6. The zero-order valence-corrected chi connectivity index (χ0v) is 52.6. The van der Waals surface area contributed by atoms with Crippen LogP contribution < -0.4 is 16.0 Å². The van der Waals surface area contributed by atoms with Gasteiger partial charge in [0.2, 0.25) is 0 Å². The Bertz CT molecular complexity index is 2990. The predicted molar refractivity (Wildman–Crippen MR) is 350 cm³/mol. The molecule has 0 spiro atoms. The third-order valence-electron chi connectivity index (χ3n) is 18.3. The van der Waals surface area contributed by atoms with Crippen molar-refractivity contribution in [2.75, 3.05) is 73.8 Å². The first-order valence-corrected chi connectivity index (χ1v) is 30.7. The number of aryl methyl sites for hydroxylation is 1. The summed E-state index contributed by atoms with van der Waals surface area (Å²) in [6.07, 6.45) is 14.2. The number of hydrogen-bond donors (Lipinski definition) is 3. The van der Waals surface area contributed by atoms with Crippen molar-refractivity contribution in [3.63, 3.8) is 0 Å². The van der Waals surface area contributed by atoms with Gasteiger partial charge in [0.25, 0.3) is 0 Å². The van der Waals surface area contributed by atoms with E-state index in [0.717, 1.165) is 137 Å². The van der Waals surface area contributed by atoms with E-state index in [4.69, 9.17) is 14.5 Å². The maximum Gasteiger partial charge on any atom is 0.128 e. The number of hydrogen-bond acceptors (Lipinski definition) is 11. The summed E-state index contributed by atoms with van der Waals surface area (Å²) in [5, 5.41) is 10.9. The van der Waals surface area contributed by atoms with Gasteiger partial charge in [0, 0.05) is 108 Å². The zero-order valence-electron chi connectivity index (χ0n) is 52.6. The number of benzene rings is 2. The van der Waals surface area contributed by atoms with Gasteiger partial charge >= 0.3 is 0 Å². The van der Waals surface area contributed by atoms with Crippen molar-refractivity contribution in [2.24, 2.45) is 22.7 Å². The van der Waals surface area contributed by atoms with E-state index < -0.39 is 0 Å². The molecule has 2 aromatic rings. The number of nitrogens with one attached hydrogen (secondary N) is 3. The second-order valence-corrected chi connectivity index (χ2v) is 24.1. The molecule has 5 aliphatic heterocycles. The van der Waals surface area contributed by atoms with Gasteiger partial charge in [-0.05, 0) is 117 Å². The first kappa shape index (κ1) is 64.4. The van der Waals surface area contributed by atoms with E-state index in [0.29, 0.717) is 69.0 Å². The molecule has 0 aliphatic carbocycles. The SMILES string of the molecule is C=C(CN(C)C(=C)CCCCCN1C(=C)CC(C(CC)CCC)C1=C)NCC(=C)N(C)C(Cc1ccccc1)C(=C)NCC(=C)N(C)COCC(=C)NC1CCc2cc(cc(F)c2C)N=C2C3=CC4=C(COC(=C)C4CC)C(=C)N3CC2=C1C. The lowest BCUT2D eigenvalue weighted by molar-refractivity contribution is 0.0712. The number of rotatable bonds is 32. The molecule has 7 rings (SSSR count). The molecule has 3 N–H and O–H groups in total. The molecule has 0 aromatic heterocycles. The molecule has 0 radical (unpaired) electrons. The van der Waals surface area contributed by atoms with Crippen molar-refractivity contribution in [1.82, 2.24) is 40.4 Å². The van der Waals surface area contributed by atoms with Gasteiger partial charge in [-0.2, -0.15) is 0 Å². The number of fused-ring (bicyclic) bond motifs is 5. The first-order chi connectivity index (χ1) is 40.1. The molecule has 5 aliphatic rings. The maximum absolute atomic E-state index is 15.6. The fourth-order valence-corrected chi connectivity index (χ4v) is 12.6. The summed E-state index contributed by atoms with van der Waals surface area (Å²) < 4.78 is 27.9. The quantitative estimate of drug-likeness (QED) is 0.0487. The lowest BCUT2D eigenvalue weighted by atomic mass is 9.84. The van der Waals surface area contributed by atoms with E-state index in [1.807, 2.05) is 31.0 Å². The number of unbranched alkanes of at least 4 members (excludes halogenated alkanes) is 2. The average Bonchev–Trinajstić information content (AvgIpc) is 4.12. The molecular formula is C72H100FN9O2. The van der Waals surface area contributed by atoms with Crippen LogP contribution in [0.1, 0.15) is 109 Å². The molecule has 0 amide bonds. The molecule has 5 heterocycles. The highest BCUT2D eigenvalue weighted by molar-refractivity contribution is 6.17. The summed E-state index contributed by atoms with van der Waals surface area (Å²) in [6.45, 7) is 59.5. The van der Waals surface area contributed by atoms with Crippen LogP contribution in [-0.2, 0) is 22.3 Å². The van der Waals surface area contributed by atoms with Crippen LogP contribution in [0.4, 0.5) is 10.1 Å². The Labute approximate surface area is 505 Å². The van der Waals surface area contributed by atoms with E-state index in [-0.39, 0.29) is 30.4 Å². The van der Waals surface area contributed by atoms with Crippen molar-refractivity contribution in [1.29, 1.82) is 0 Å². The van der Waals surface area contributed by atoms with Gasteiger partial charge < -0.3 is 49.9 Å². The highest BCUT2D eigenvalue weighted by atomic mass is 19.1. The van der Waals surface area contributed by atoms with Crippen molar-refractivity contribution < 1.29 is 13.9 Å². The van der Waals surface area contributed by atoms with Crippen molar-refractivity contribution in [2.45, 2.75) is 124 Å². The topological polar surface area (TPSA) is 83.1 Å². The molecule has 84 heavy (non-hydrogen) atoms. The zero-order chi connectivity index (χ0) is 60.9. The maximum atomic E-state index is 15.6. The summed E-state index contributed by atoms with van der Waals surface area (Å²) in [5.41, 5.74) is 18.5. The number of halogens is 1. The normalized spacial score (nSPS) is 19.1. The molecule has 5 atom stereocenters. The van der Waals surface area contributed by atoms with Crippen LogP contribution in [0.2, 0.25) is 0 Å². The van der Waals surface area contributed by atoms with Crippen LogP contribution in [0.3, 0.4) is 0 Å². The minimum Gasteiger partial charge on any atom is -0.493 e. The smallest absolute Gasteiger partial charge is 0.128 e. The van der Waals surface area contributed by atoms with Gasteiger partial charge in [0.05, 0.1) is 61.7 Å². The number of ether oxygens (including phenoxy) is 2. The summed E-state index contributed by atoms with van der Waals surface area (Å²) in [4.78, 5) is 16.3. The summed E-state index contributed by atoms with van der Waals surface area (Å²) in [7, 11) is 6.14. The molecule has 2 aromatic carbocycles.